The fourth-order valence-corrected chi connectivity index (χ4v) is 1.79. The molecule has 0 aliphatic carbocycles. The summed E-state index contributed by atoms with van der Waals surface area (Å²) in [6.45, 7) is 7.74. The lowest BCUT2D eigenvalue weighted by atomic mass is 10.5. The van der Waals surface area contributed by atoms with Gasteiger partial charge in [0.2, 0.25) is 0 Å². The molecule has 7 heteroatoms. The number of thiazole rings is 1. The van der Waals surface area contributed by atoms with Crippen molar-refractivity contribution in [2.75, 3.05) is 0 Å². The molecular weight excluding hydrogens is 322 g/mol. The van der Waals surface area contributed by atoms with Gasteiger partial charge < -0.3 is 14.4 Å². The largest absolute Gasteiger partial charge is 0.449 e. The fourth-order valence-electron chi connectivity index (χ4n) is 1.35. The molecule has 0 bridgehead atoms. The minimum Gasteiger partial charge on any atom is -0.449 e. The smallest absolute Gasteiger partial charge is 0.190 e. The third-order valence-electron chi connectivity index (χ3n) is 2.50. The zero-order valence-corrected chi connectivity index (χ0v) is 15.2. The van der Waals surface area contributed by atoms with Crippen LogP contribution < -0.4 is 0 Å². The van der Waals surface area contributed by atoms with Gasteiger partial charge >= 0.3 is 0 Å². The molecule has 0 saturated heterocycles. The Morgan fingerprint density at radius 1 is 0.917 bits per heavy atom. The number of rotatable bonds is 0. The molecule has 0 unspecified atom stereocenters. The number of hydrogen-bond donors (Lipinski definition) is 2. The molecule has 0 fully saturated rings. The molecule has 6 nitrogen and oxygen atoms in total. The Morgan fingerprint density at radius 3 is 1.92 bits per heavy atom. The number of nitrogens with one attached hydrogen (secondary N) is 2. The molecule has 2 N–H and O–H groups in total. The number of oxazole rings is 1. The average molecular weight is 345 g/mol. The molecule has 0 aliphatic rings. The van der Waals surface area contributed by atoms with Crippen molar-refractivity contribution >= 4 is 11.3 Å². The van der Waals surface area contributed by atoms with Crippen molar-refractivity contribution in [3.05, 3.63) is 77.2 Å². The Bertz CT molecular complexity index is 572. The predicted molar refractivity (Wildman–Crippen MR) is 96.9 cm³/mol. The number of hydrogen-bond acceptors (Lipinski definition) is 5. The SMILES string of the molecule is Cc1ccc[nH]1.Cc1ncc[nH]1.Cc1ncco1.Cc1nccs1. The second kappa shape index (κ2) is 11.8. The Morgan fingerprint density at radius 2 is 1.75 bits per heavy atom. The molecule has 0 spiro atoms. The molecule has 4 aromatic heterocycles. The van der Waals surface area contributed by atoms with Gasteiger partial charge in [-0.1, -0.05) is 0 Å². The van der Waals surface area contributed by atoms with E-state index in [1.54, 1.807) is 49.3 Å². The van der Waals surface area contributed by atoms with Crippen molar-refractivity contribution in [1.82, 2.24) is 24.9 Å². The highest BCUT2D eigenvalue weighted by atomic mass is 32.1. The van der Waals surface area contributed by atoms with Gasteiger partial charge in [0.05, 0.1) is 11.2 Å². The van der Waals surface area contributed by atoms with Crippen molar-refractivity contribution in [3.8, 4) is 0 Å². The van der Waals surface area contributed by atoms with Gasteiger partial charge in [0.25, 0.3) is 0 Å². The summed E-state index contributed by atoms with van der Waals surface area (Å²) >= 11 is 1.67. The molecule has 0 aromatic carbocycles. The van der Waals surface area contributed by atoms with Crippen molar-refractivity contribution in [2.24, 2.45) is 0 Å². The fraction of sp³-hybridized carbons (Fsp3) is 0.235. The number of nitrogens with zero attached hydrogens (tertiary/aromatic N) is 3. The summed E-state index contributed by atoms with van der Waals surface area (Å²) in [5.74, 6) is 1.69. The van der Waals surface area contributed by atoms with E-state index in [2.05, 4.69) is 24.9 Å². The number of aromatic nitrogens is 5. The van der Waals surface area contributed by atoms with Crippen LogP contribution in [0.3, 0.4) is 0 Å². The summed E-state index contributed by atoms with van der Waals surface area (Å²) in [6, 6.07) is 4.01. The molecule has 4 aromatic rings. The molecule has 0 radical (unpaired) electrons. The first-order valence-electron chi connectivity index (χ1n) is 7.36. The topological polar surface area (TPSA) is 83.4 Å². The van der Waals surface area contributed by atoms with E-state index >= 15 is 0 Å². The van der Waals surface area contributed by atoms with Crippen LogP contribution >= 0.6 is 11.3 Å². The lowest BCUT2D eigenvalue weighted by Crippen LogP contribution is -1.66. The Balaban J connectivity index is 0.000000160. The number of aromatic amines is 2. The summed E-state index contributed by atoms with van der Waals surface area (Å²) < 4.78 is 4.72. The highest BCUT2D eigenvalue weighted by Gasteiger charge is 1.77. The van der Waals surface area contributed by atoms with E-state index in [0.29, 0.717) is 0 Å². The highest BCUT2D eigenvalue weighted by Crippen LogP contribution is 1.98. The standard InChI is InChI=1S/C5H7N.C4H6N2.C4H5NO.C4H5NS/c1-5-3-2-4-6-5;3*1-4-5-2-3-6-4/h2-4,6H,1H3;2-3H,1H3,(H,5,6);2*2-3H,1H3. The Hall–Kier alpha value is -2.67. The second-order valence-electron chi connectivity index (χ2n) is 4.63. The molecule has 4 rings (SSSR count). The van der Waals surface area contributed by atoms with E-state index in [0.717, 1.165) is 16.7 Å². The van der Waals surface area contributed by atoms with Crippen LogP contribution in [0, 0.1) is 27.7 Å². The van der Waals surface area contributed by atoms with Crippen molar-refractivity contribution in [1.29, 1.82) is 0 Å². The lowest BCUT2D eigenvalue weighted by molar-refractivity contribution is 0.521. The third-order valence-corrected chi connectivity index (χ3v) is 3.20. The monoisotopic (exact) mass is 345 g/mol. The van der Waals surface area contributed by atoms with E-state index in [9.17, 15) is 0 Å². The maximum atomic E-state index is 4.72. The molecular formula is C17H23N5OS. The predicted octanol–water partition coefficient (Wildman–Crippen LogP) is 4.48. The van der Waals surface area contributed by atoms with Gasteiger partial charge in [-0.05, 0) is 32.9 Å². The first kappa shape index (κ1) is 19.4. The summed E-state index contributed by atoms with van der Waals surface area (Å²) in [5, 5.41) is 3.10. The summed E-state index contributed by atoms with van der Waals surface area (Å²) in [5.41, 5.74) is 1.22. The van der Waals surface area contributed by atoms with Gasteiger partial charge in [0.1, 0.15) is 12.1 Å². The van der Waals surface area contributed by atoms with Gasteiger partial charge in [-0.3, -0.25) is 4.98 Å². The first-order chi connectivity index (χ1) is 11.6. The first-order valence-corrected chi connectivity index (χ1v) is 8.24. The number of H-pyrrole nitrogens is 2. The van der Waals surface area contributed by atoms with E-state index in [4.69, 9.17) is 4.42 Å². The van der Waals surface area contributed by atoms with Gasteiger partial charge in [0.15, 0.2) is 5.89 Å². The maximum Gasteiger partial charge on any atom is 0.190 e. The normalized spacial score (nSPS) is 8.83. The summed E-state index contributed by atoms with van der Waals surface area (Å²) in [7, 11) is 0. The van der Waals surface area contributed by atoms with Crippen LogP contribution in [-0.4, -0.2) is 24.9 Å². The van der Waals surface area contributed by atoms with Crippen molar-refractivity contribution in [2.45, 2.75) is 27.7 Å². The van der Waals surface area contributed by atoms with Crippen LogP contribution in [-0.2, 0) is 0 Å². The summed E-state index contributed by atoms with van der Waals surface area (Å²) in [6.07, 6.45) is 10.4. The van der Waals surface area contributed by atoms with Crippen LogP contribution in [0.2, 0.25) is 0 Å². The van der Waals surface area contributed by atoms with E-state index < -0.39 is 0 Å². The van der Waals surface area contributed by atoms with Gasteiger partial charge in [0, 0.05) is 42.8 Å². The lowest BCUT2D eigenvalue weighted by Gasteiger charge is -1.70. The van der Waals surface area contributed by atoms with Gasteiger partial charge in [-0.2, -0.15) is 0 Å². The minimum atomic E-state index is 0.718. The third kappa shape index (κ3) is 10.1. The van der Waals surface area contributed by atoms with Crippen LogP contribution in [0.5, 0.6) is 0 Å². The zero-order valence-electron chi connectivity index (χ0n) is 14.4. The molecule has 0 amide bonds. The van der Waals surface area contributed by atoms with Crippen LogP contribution in [0.1, 0.15) is 22.4 Å². The van der Waals surface area contributed by atoms with Crippen molar-refractivity contribution in [3.63, 3.8) is 0 Å². The van der Waals surface area contributed by atoms with Crippen LogP contribution in [0.15, 0.2) is 59.2 Å². The molecule has 0 saturated carbocycles. The second-order valence-corrected chi connectivity index (χ2v) is 5.73. The average Bonchev–Trinajstić information content (AvgIpc) is 3.31. The zero-order chi connectivity index (χ0) is 17.6. The summed E-state index contributed by atoms with van der Waals surface area (Å²) in [4.78, 5) is 17.4. The molecule has 4 heterocycles. The van der Waals surface area contributed by atoms with E-state index in [1.807, 2.05) is 44.5 Å². The Kier molecular flexibility index (Phi) is 9.56. The Labute approximate surface area is 146 Å². The molecule has 24 heavy (non-hydrogen) atoms. The van der Waals surface area contributed by atoms with Crippen LogP contribution in [0.25, 0.3) is 0 Å². The maximum absolute atomic E-state index is 4.72. The minimum absolute atomic E-state index is 0.718. The van der Waals surface area contributed by atoms with Gasteiger partial charge in [-0.15, -0.1) is 11.3 Å². The van der Waals surface area contributed by atoms with Gasteiger partial charge in [-0.25, -0.2) is 9.97 Å². The van der Waals surface area contributed by atoms with E-state index in [1.165, 1.54) is 5.69 Å². The highest BCUT2D eigenvalue weighted by molar-refractivity contribution is 7.09. The molecule has 0 atom stereocenters. The quantitative estimate of drug-likeness (QED) is 0.492. The number of imidazole rings is 1. The number of aryl methyl sites for hydroxylation is 4. The van der Waals surface area contributed by atoms with Crippen LogP contribution in [0.4, 0.5) is 0 Å². The molecule has 128 valence electrons. The van der Waals surface area contributed by atoms with Crippen molar-refractivity contribution < 1.29 is 4.42 Å². The molecule has 0 aliphatic heterocycles. The van der Waals surface area contributed by atoms with E-state index in [-0.39, 0.29) is 0 Å².